The van der Waals surface area contributed by atoms with Gasteiger partial charge in [0.1, 0.15) is 5.75 Å². The van der Waals surface area contributed by atoms with Crippen LogP contribution in [0.15, 0.2) is 60.7 Å². The Morgan fingerprint density at radius 2 is 1.67 bits per heavy atom. The number of piperidine rings is 1. The van der Waals surface area contributed by atoms with Gasteiger partial charge in [-0.05, 0) is 55.7 Å². The van der Waals surface area contributed by atoms with Gasteiger partial charge in [0.25, 0.3) is 5.91 Å². The standard InChI is InChI=1S/C24H23F3N4O2/c25-24(26,27)19-6-2-3-7-21(19)33-16-23(32)28-18-10-8-17(9-11-18)20-12-13-22(30-29-20)31-14-4-1-5-15-31/h2-3,6-13H,1,4-5,14-16H2,(H,28,32). The maximum Gasteiger partial charge on any atom is 0.419 e. The number of halogens is 3. The molecule has 1 aromatic heterocycles. The molecule has 1 aliphatic rings. The molecule has 1 N–H and O–H groups in total. The lowest BCUT2D eigenvalue weighted by molar-refractivity contribution is -0.139. The Balaban J connectivity index is 1.34. The number of carbonyl (C=O) groups excluding carboxylic acids is 1. The first kappa shape index (κ1) is 22.6. The van der Waals surface area contributed by atoms with E-state index >= 15 is 0 Å². The molecular weight excluding hydrogens is 433 g/mol. The predicted molar refractivity (Wildman–Crippen MR) is 119 cm³/mol. The number of aromatic nitrogens is 2. The quantitative estimate of drug-likeness (QED) is 0.554. The first-order valence-corrected chi connectivity index (χ1v) is 10.7. The number of carbonyl (C=O) groups is 1. The molecule has 2 aromatic carbocycles. The van der Waals surface area contributed by atoms with E-state index in [9.17, 15) is 18.0 Å². The van der Waals surface area contributed by atoms with Crippen LogP contribution in [0, 0.1) is 0 Å². The largest absolute Gasteiger partial charge is 0.483 e. The zero-order valence-corrected chi connectivity index (χ0v) is 17.8. The average Bonchev–Trinajstić information content (AvgIpc) is 2.83. The highest BCUT2D eigenvalue weighted by Crippen LogP contribution is 2.35. The molecule has 0 spiro atoms. The molecule has 0 radical (unpaired) electrons. The van der Waals surface area contributed by atoms with Crippen molar-refractivity contribution in [3.63, 3.8) is 0 Å². The molecule has 1 fully saturated rings. The highest BCUT2D eigenvalue weighted by atomic mass is 19.4. The summed E-state index contributed by atoms with van der Waals surface area (Å²) in [5.41, 5.74) is 1.12. The lowest BCUT2D eigenvalue weighted by atomic mass is 10.1. The van der Waals surface area contributed by atoms with Gasteiger partial charge in [0.2, 0.25) is 0 Å². The number of hydrogen-bond donors (Lipinski definition) is 1. The lowest BCUT2D eigenvalue weighted by Crippen LogP contribution is -2.30. The van der Waals surface area contributed by atoms with Crippen molar-refractivity contribution in [1.82, 2.24) is 10.2 Å². The number of rotatable bonds is 6. The molecule has 0 bridgehead atoms. The Hall–Kier alpha value is -3.62. The fourth-order valence-electron chi connectivity index (χ4n) is 3.66. The van der Waals surface area contributed by atoms with Crippen molar-refractivity contribution in [1.29, 1.82) is 0 Å². The second kappa shape index (κ2) is 9.89. The van der Waals surface area contributed by atoms with Crippen LogP contribution in [0.4, 0.5) is 24.7 Å². The first-order valence-electron chi connectivity index (χ1n) is 10.7. The Morgan fingerprint density at radius 1 is 0.939 bits per heavy atom. The topological polar surface area (TPSA) is 67.3 Å². The molecule has 0 unspecified atom stereocenters. The smallest absolute Gasteiger partial charge is 0.419 e. The normalized spacial score (nSPS) is 14.1. The fourth-order valence-corrected chi connectivity index (χ4v) is 3.66. The third-order valence-electron chi connectivity index (χ3n) is 5.35. The summed E-state index contributed by atoms with van der Waals surface area (Å²) in [5.74, 6) is -0.0816. The molecular formula is C24H23F3N4O2. The summed E-state index contributed by atoms with van der Waals surface area (Å²) in [6.45, 7) is 1.44. The van der Waals surface area contributed by atoms with Crippen molar-refractivity contribution < 1.29 is 22.7 Å². The van der Waals surface area contributed by atoms with Crippen molar-refractivity contribution in [2.24, 2.45) is 0 Å². The van der Waals surface area contributed by atoms with Gasteiger partial charge in [-0.15, -0.1) is 10.2 Å². The molecule has 172 valence electrons. The Kier molecular flexibility index (Phi) is 6.76. The van der Waals surface area contributed by atoms with Crippen LogP contribution in [0.5, 0.6) is 5.75 Å². The average molecular weight is 456 g/mol. The van der Waals surface area contributed by atoms with Crippen molar-refractivity contribution >= 4 is 17.4 Å². The van der Waals surface area contributed by atoms with Gasteiger partial charge >= 0.3 is 6.18 Å². The van der Waals surface area contributed by atoms with Gasteiger partial charge in [-0.25, -0.2) is 0 Å². The van der Waals surface area contributed by atoms with Crippen LogP contribution in [0.1, 0.15) is 24.8 Å². The Bertz CT molecular complexity index is 1080. The zero-order valence-electron chi connectivity index (χ0n) is 17.8. The molecule has 0 atom stereocenters. The van der Waals surface area contributed by atoms with Crippen molar-refractivity contribution in [3.8, 4) is 17.0 Å². The van der Waals surface area contributed by atoms with Crippen molar-refractivity contribution in [2.75, 3.05) is 29.9 Å². The van der Waals surface area contributed by atoms with Crippen LogP contribution in [-0.4, -0.2) is 35.8 Å². The third-order valence-corrected chi connectivity index (χ3v) is 5.35. The monoisotopic (exact) mass is 456 g/mol. The van der Waals surface area contributed by atoms with Crippen molar-refractivity contribution in [3.05, 3.63) is 66.2 Å². The van der Waals surface area contributed by atoms with E-state index in [1.165, 1.54) is 24.6 Å². The SMILES string of the molecule is O=C(COc1ccccc1C(F)(F)F)Nc1ccc(-c2ccc(N3CCCCC3)nn2)cc1. The van der Waals surface area contributed by atoms with Gasteiger partial charge in [-0.1, -0.05) is 24.3 Å². The molecule has 0 aliphatic carbocycles. The molecule has 1 aliphatic heterocycles. The predicted octanol–water partition coefficient (Wildman–Crippen LogP) is 5.17. The number of amides is 1. The number of para-hydroxylation sites is 1. The van der Waals surface area contributed by atoms with Gasteiger partial charge in [0.05, 0.1) is 11.3 Å². The van der Waals surface area contributed by atoms with Crippen LogP contribution in [0.3, 0.4) is 0 Å². The summed E-state index contributed by atoms with van der Waals surface area (Å²) < 4.78 is 44.2. The number of ether oxygens (including phenoxy) is 1. The lowest BCUT2D eigenvalue weighted by Gasteiger charge is -2.27. The zero-order chi connectivity index (χ0) is 23.3. The second-order valence-electron chi connectivity index (χ2n) is 7.73. The number of anilines is 2. The van der Waals surface area contributed by atoms with E-state index in [1.807, 2.05) is 12.1 Å². The second-order valence-corrected chi connectivity index (χ2v) is 7.73. The van der Waals surface area contributed by atoms with E-state index in [0.717, 1.165) is 43.4 Å². The Morgan fingerprint density at radius 3 is 2.33 bits per heavy atom. The molecule has 2 heterocycles. The van der Waals surface area contributed by atoms with Crippen LogP contribution in [0.2, 0.25) is 0 Å². The highest BCUT2D eigenvalue weighted by Gasteiger charge is 2.34. The molecule has 1 amide bonds. The van der Waals surface area contributed by atoms with Crippen LogP contribution < -0.4 is 15.0 Å². The third kappa shape index (κ3) is 5.79. The van der Waals surface area contributed by atoms with E-state index in [2.05, 4.69) is 20.4 Å². The summed E-state index contributed by atoms with van der Waals surface area (Å²) >= 11 is 0. The maximum atomic E-state index is 13.0. The first-order chi connectivity index (χ1) is 15.9. The van der Waals surface area contributed by atoms with Gasteiger partial charge in [0, 0.05) is 24.3 Å². The molecule has 4 rings (SSSR count). The number of alkyl halides is 3. The molecule has 1 saturated heterocycles. The van der Waals surface area contributed by atoms with Crippen LogP contribution in [-0.2, 0) is 11.0 Å². The van der Waals surface area contributed by atoms with Gasteiger partial charge in [-0.2, -0.15) is 13.2 Å². The Labute approximate surface area is 189 Å². The van der Waals surface area contributed by atoms with Gasteiger partial charge in [-0.3, -0.25) is 4.79 Å². The van der Waals surface area contributed by atoms with Crippen LogP contribution >= 0.6 is 0 Å². The summed E-state index contributed by atoms with van der Waals surface area (Å²) in [6, 6.07) is 15.6. The van der Waals surface area contributed by atoms with Gasteiger partial charge in [0.15, 0.2) is 12.4 Å². The maximum absolute atomic E-state index is 13.0. The summed E-state index contributed by atoms with van der Waals surface area (Å²) in [5, 5.41) is 11.3. The van der Waals surface area contributed by atoms with E-state index in [0.29, 0.717) is 11.4 Å². The number of nitrogens with one attached hydrogen (secondary N) is 1. The number of benzene rings is 2. The fraction of sp³-hybridized carbons (Fsp3) is 0.292. The molecule has 3 aromatic rings. The van der Waals surface area contributed by atoms with E-state index < -0.39 is 24.3 Å². The van der Waals surface area contributed by atoms with E-state index in [-0.39, 0.29) is 5.75 Å². The minimum absolute atomic E-state index is 0.387. The molecule has 6 nitrogen and oxygen atoms in total. The van der Waals surface area contributed by atoms with Crippen molar-refractivity contribution in [2.45, 2.75) is 25.4 Å². The number of nitrogens with zero attached hydrogens (tertiary/aromatic N) is 3. The van der Waals surface area contributed by atoms with Gasteiger partial charge < -0.3 is 15.0 Å². The van der Waals surface area contributed by atoms with Crippen LogP contribution in [0.25, 0.3) is 11.3 Å². The minimum atomic E-state index is -4.56. The minimum Gasteiger partial charge on any atom is -0.483 e. The van der Waals surface area contributed by atoms with E-state index in [1.54, 1.807) is 24.3 Å². The van der Waals surface area contributed by atoms with E-state index in [4.69, 9.17) is 4.74 Å². The summed E-state index contributed by atoms with van der Waals surface area (Å²) in [7, 11) is 0. The number of hydrogen-bond acceptors (Lipinski definition) is 5. The highest BCUT2D eigenvalue weighted by molar-refractivity contribution is 5.92. The molecule has 9 heteroatoms. The summed E-state index contributed by atoms with van der Waals surface area (Å²) in [4.78, 5) is 14.4. The summed E-state index contributed by atoms with van der Waals surface area (Å²) in [6.07, 6.45) is -0.983. The molecule has 33 heavy (non-hydrogen) atoms. The molecule has 0 saturated carbocycles.